The first-order valence-electron chi connectivity index (χ1n) is 19.6. The summed E-state index contributed by atoms with van der Waals surface area (Å²) in [5.74, 6) is -0.102. The fourth-order valence-corrected chi connectivity index (χ4v) is 10.5. The van der Waals surface area contributed by atoms with Gasteiger partial charge in [-0.1, -0.05) is 55.3 Å². The number of hydrogen-bond acceptors (Lipinski definition) is 8. The minimum atomic E-state index is -3.90. The summed E-state index contributed by atoms with van der Waals surface area (Å²) in [6.07, 6.45) is 11.7. The third kappa shape index (κ3) is 6.71. The molecule has 0 unspecified atom stereocenters. The molecule has 2 aromatic carbocycles. The van der Waals surface area contributed by atoms with E-state index < -0.39 is 37.7 Å². The fourth-order valence-electron chi connectivity index (χ4n) is 9.20. The lowest BCUT2D eigenvalue weighted by Crippen LogP contribution is -2.48. The number of methoxy groups -OCH3 is 1. The molecule has 54 heavy (non-hydrogen) atoms. The summed E-state index contributed by atoms with van der Waals surface area (Å²) in [5, 5.41) is 1.04. The van der Waals surface area contributed by atoms with Crippen LogP contribution >= 0.6 is 0 Å². The molecule has 2 aliphatic carbocycles. The van der Waals surface area contributed by atoms with Crippen LogP contribution in [0.3, 0.4) is 0 Å². The van der Waals surface area contributed by atoms with Gasteiger partial charge in [0.2, 0.25) is 21.8 Å². The Balaban J connectivity index is 1.15. The van der Waals surface area contributed by atoms with Gasteiger partial charge in [-0.05, 0) is 101 Å². The molecule has 3 aliphatic heterocycles. The molecule has 3 fully saturated rings. The highest BCUT2D eigenvalue weighted by Crippen LogP contribution is 2.58. The smallest absolute Gasteiger partial charge is 0.240 e. The number of pyridine rings is 1. The number of amides is 2. The monoisotopic (exact) mass is 753 g/mol. The molecule has 5 aliphatic rings. The van der Waals surface area contributed by atoms with Crippen LogP contribution in [0.15, 0.2) is 60.7 Å². The van der Waals surface area contributed by atoms with Crippen molar-refractivity contribution >= 4 is 38.5 Å². The van der Waals surface area contributed by atoms with Crippen LogP contribution in [0, 0.1) is 24.2 Å². The molecule has 1 spiro atoms. The number of ether oxygens (including phenoxy) is 2. The molecule has 3 aromatic rings. The minimum Gasteiger partial charge on any atom is -0.497 e. The summed E-state index contributed by atoms with van der Waals surface area (Å²) in [4.78, 5) is 50.5. The van der Waals surface area contributed by atoms with Gasteiger partial charge in [0.1, 0.15) is 17.1 Å². The highest BCUT2D eigenvalue weighted by Gasteiger charge is 2.63. The molecule has 5 atom stereocenters. The number of para-hydroxylation sites is 1. The van der Waals surface area contributed by atoms with Gasteiger partial charge in [-0.15, -0.1) is 0 Å². The average molecular weight is 754 g/mol. The average Bonchev–Trinajstić information content (AvgIpc) is 4.05. The van der Waals surface area contributed by atoms with E-state index in [1.807, 2.05) is 55.5 Å². The Hall–Kier alpha value is -4.25. The first kappa shape index (κ1) is 36.7. The second-order valence-corrected chi connectivity index (χ2v) is 19.0. The number of nitrogens with zero attached hydrogens (tertiary/aromatic N) is 2. The lowest BCUT2D eigenvalue weighted by molar-refractivity contribution is -0.142. The molecule has 2 amide bonds. The van der Waals surface area contributed by atoms with Crippen molar-refractivity contribution in [3.63, 3.8) is 0 Å². The summed E-state index contributed by atoms with van der Waals surface area (Å²) in [6.45, 7) is 3.84. The molecule has 0 radical (unpaired) electrons. The second kappa shape index (κ2) is 13.8. The topological polar surface area (TPSA) is 132 Å². The van der Waals surface area contributed by atoms with E-state index in [1.54, 1.807) is 18.9 Å². The van der Waals surface area contributed by atoms with Crippen molar-refractivity contribution in [1.29, 1.82) is 0 Å². The van der Waals surface area contributed by atoms with Crippen molar-refractivity contribution in [2.24, 2.45) is 17.3 Å². The maximum absolute atomic E-state index is 15.0. The van der Waals surface area contributed by atoms with Crippen molar-refractivity contribution in [2.75, 3.05) is 13.7 Å². The van der Waals surface area contributed by atoms with E-state index in [-0.39, 0.29) is 36.5 Å². The van der Waals surface area contributed by atoms with Crippen LogP contribution in [0.4, 0.5) is 0 Å². The van der Waals surface area contributed by atoms with E-state index >= 15 is 0 Å². The number of allylic oxidation sites excluding steroid dienone is 2. The van der Waals surface area contributed by atoms with E-state index in [2.05, 4.69) is 16.9 Å². The second-order valence-electron chi connectivity index (χ2n) is 16.8. The summed E-state index contributed by atoms with van der Waals surface area (Å²) >= 11 is 0. The highest BCUT2D eigenvalue weighted by molar-refractivity contribution is 7.91. The molecule has 1 saturated heterocycles. The largest absolute Gasteiger partial charge is 0.497 e. The summed E-state index contributed by atoms with van der Waals surface area (Å²) in [7, 11) is -2.27. The van der Waals surface area contributed by atoms with Crippen molar-refractivity contribution in [2.45, 2.75) is 114 Å². The van der Waals surface area contributed by atoms with Crippen LogP contribution in [0.1, 0.15) is 94.4 Å². The number of benzene rings is 2. The van der Waals surface area contributed by atoms with Crippen LogP contribution < -0.4 is 14.2 Å². The van der Waals surface area contributed by atoms with Gasteiger partial charge >= 0.3 is 0 Å². The van der Waals surface area contributed by atoms with Crippen LogP contribution in [0.5, 0.6) is 11.5 Å². The third-order valence-corrected chi connectivity index (χ3v) is 15.1. The lowest BCUT2D eigenvalue weighted by Gasteiger charge is -2.36. The maximum atomic E-state index is 15.0. The molecule has 2 saturated carbocycles. The molecule has 4 heterocycles. The molecule has 11 heteroatoms. The normalized spacial score (nSPS) is 29.9. The number of carbonyl (C=O) groups is 3. The van der Waals surface area contributed by atoms with Gasteiger partial charge in [0, 0.05) is 29.7 Å². The van der Waals surface area contributed by atoms with Crippen molar-refractivity contribution in [3.05, 3.63) is 77.5 Å². The number of sulfonamides is 1. The van der Waals surface area contributed by atoms with Crippen LogP contribution in [0.25, 0.3) is 10.9 Å². The number of aryl methyl sites for hydroxylation is 2. The number of nitrogens with one attached hydrogen (secondary N) is 1. The first-order chi connectivity index (χ1) is 25.9. The lowest BCUT2D eigenvalue weighted by atomic mass is 9.85. The van der Waals surface area contributed by atoms with E-state index in [0.717, 1.165) is 64.9 Å². The van der Waals surface area contributed by atoms with Gasteiger partial charge in [0.25, 0.3) is 0 Å². The summed E-state index contributed by atoms with van der Waals surface area (Å²) in [5.41, 5.74) is 1.77. The Bertz CT molecular complexity index is 2150. The first-order valence-corrected chi connectivity index (χ1v) is 21.1. The Morgan fingerprint density at radius 3 is 2.67 bits per heavy atom. The van der Waals surface area contributed by atoms with Gasteiger partial charge in [0.05, 0.1) is 41.1 Å². The number of fused-ring (bicyclic) bond motifs is 5. The standard InChI is InChI=1S/C43H51N3O7S/c1-28-38-34(33-16-9-10-17-35(33)44-28)18-19-42(53-38)25-36-37(47)26-43(40(49)45-54(50,51)41(2)20-21-41)24-31(43)14-8-6-4-5-7-13-30(39(48)46(36)27-42)22-29-12-11-15-32(23-29)52-3/h8-12,14-17,23,30-31,36H,4-7,13,18-22,24-27H2,1-3H3,(H,45,49)/b14-8-/t30-,31-,36+,42-,43-/m1/s1. The summed E-state index contributed by atoms with van der Waals surface area (Å²) < 4.78 is 40.4. The molecule has 1 aromatic heterocycles. The SMILES string of the molecule is COc1cccc(C[C@H]2CCCCC/C=C\[C@@H]3C[C@@]3(C(=O)NS(=O)(=O)C3(C)CC3)CC(=O)[C@@H]3C[C@]4(CCc5c(c(C)nc6ccccc56)O4)CN3C2=O)c1. The number of Topliss-reactive ketones (excluding diaryl/α,β-unsaturated/α-hetero) is 1. The quantitative estimate of drug-likeness (QED) is 0.280. The number of rotatable bonds is 6. The predicted octanol–water partition coefficient (Wildman–Crippen LogP) is 6.56. The maximum Gasteiger partial charge on any atom is 0.240 e. The zero-order valence-electron chi connectivity index (χ0n) is 31.6. The number of hydrogen-bond donors (Lipinski definition) is 1. The Kier molecular flexibility index (Phi) is 9.38. The van der Waals surface area contributed by atoms with E-state index in [0.29, 0.717) is 51.4 Å². The third-order valence-electron chi connectivity index (χ3n) is 13.0. The Morgan fingerprint density at radius 2 is 1.87 bits per heavy atom. The predicted molar refractivity (Wildman–Crippen MR) is 206 cm³/mol. The van der Waals surface area contributed by atoms with E-state index in [9.17, 15) is 22.8 Å². The van der Waals surface area contributed by atoms with E-state index in [4.69, 9.17) is 14.5 Å². The zero-order chi connectivity index (χ0) is 37.9. The fraction of sp³-hybridized carbons (Fsp3) is 0.535. The van der Waals surface area contributed by atoms with Crippen molar-refractivity contribution in [1.82, 2.24) is 14.6 Å². The Morgan fingerprint density at radius 1 is 1.06 bits per heavy atom. The molecular formula is C43H51N3O7S. The van der Waals surface area contributed by atoms with Crippen LogP contribution in [0.2, 0.25) is 0 Å². The van der Waals surface area contributed by atoms with Gasteiger partial charge < -0.3 is 14.4 Å². The molecule has 0 bridgehead atoms. The number of carbonyl (C=O) groups excluding carboxylic acids is 3. The molecule has 8 rings (SSSR count). The number of aromatic nitrogens is 1. The van der Waals surface area contributed by atoms with Crippen molar-refractivity contribution < 1.29 is 32.3 Å². The minimum absolute atomic E-state index is 0.0844. The molecular weight excluding hydrogens is 703 g/mol. The van der Waals surface area contributed by atoms with Gasteiger partial charge in [-0.3, -0.25) is 19.1 Å². The van der Waals surface area contributed by atoms with E-state index in [1.165, 1.54) is 0 Å². The summed E-state index contributed by atoms with van der Waals surface area (Å²) in [6, 6.07) is 15.0. The van der Waals surface area contributed by atoms with Gasteiger partial charge in [-0.25, -0.2) is 13.4 Å². The molecule has 286 valence electrons. The van der Waals surface area contributed by atoms with Crippen LogP contribution in [-0.4, -0.2) is 65.9 Å². The highest BCUT2D eigenvalue weighted by atomic mass is 32.2. The van der Waals surface area contributed by atoms with Crippen LogP contribution in [-0.2, 0) is 37.2 Å². The van der Waals surface area contributed by atoms with Gasteiger partial charge in [0.15, 0.2) is 5.78 Å². The zero-order valence-corrected chi connectivity index (χ0v) is 32.4. The molecule has 1 N–H and O–H groups in total. The van der Waals surface area contributed by atoms with Gasteiger partial charge in [-0.2, -0.15) is 0 Å². The molecule has 10 nitrogen and oxygen atoms in total. The Labute approximate surface area is 318 Å². The van der Waals surface area contributed by atoms with Crippen molar-refractivity contribution in [3.8, 4) is 11.5 Å². The number of ketones is 1.